The standard InChI is InChI=1S/C32H35N5O5/c1-21(2)19-40-26-13-24-14-27(15-26)42-25-6-4-5-23(11-25)20-41-29-17-37(30-12-22(16-33)7-9-34-30)10-8-28(29)35-31(38)18-36(3)32(24)39/h4-7,9,11-15,21,28-29H,8,10,17-20H2,1-3H3,(H,35,38)/t28-,29-/m0/s1. The number of carbonyl (C=O) groups excluding carboxylic acids is 2. The minimum atomic E-state index is -0.359. The van der Waals surface area contributed by atoms with Gasteiger partial charge < -0.3 is 29.3 Å². The monoisotopic (exact) mass is 569 g/mol. The van der Waals surface area contributed by atoms with E-state index in [4.69, 9.17) is 14.2 Å². The fraction of sp³-hybridized carbons (Fsp3) is 0.375. The average Bonchev–Trinajstić information content (AvgIpc) is 2.98. The van der Waals surface area contributed by atoms with Gasteiger partial charge in [0.05, 0.1) is 43.5 Å². The Bertz CT molecular complexity index is 1490. The van der Waals surface area contributed by atoms with Crippen LogP contribution in [-0.2, 0) is 16.1 Å². The van der Waals surface area contributed by atoms with Gasteiger partial charge in [0.2, 0.25) is 5.91 Å². The molecule has 2 aliphatic heterocycles. The molecule has 3 heterocycles. The third kappa shape index (κ3) is 7.17. The smallest absolute Gasteiger partial charge is 0.254 e. The number of benzene rings is 2. The van der Waals surface area contributed by atoms with Crippen molar-refractivity contribution in [2.45, 2.75) is 39.0 Å². The molecule has 42 heavy (non-hydrogen) atoms. The fourth-order valence-electron chi connectivity index (χ4n) is 5.02. The number of likely N-dealkylation sites (N-methyl/N-ethyl adjacent to an activating group) is 1. The van der Waals surface area contributed by atoms with Crippen molar-refractivity contribution in [3.05, 3.63) is 77.5 Å². The van der Waals surface area contributed by atoms with E-state index < -0.39 is 0 Å². The minimum Gasteiger partial charge on any atom is -0.493 e. The lowest BCUT2D eigenvalue weighted by Crippen LogP contribution is -2.56. The van der Waals surface area contributed by atoms with E-state index in [2.05, 4.69) is 21.3 Å². The van der Waals surface area contributed by atoms with Gasteiger partial charge in [-0.2, -0.15) is 5.26 Å². The molecule has 1 fully saturated rings. The molecule has 1 N–H and O–H groups in total. The topological polar surface area (TPSA) is 117 Å². The molecule has 1 aromatic heterocycles. The Balaban J connectivity index is 1.43. The number of nitriles is 1. The summed E-state index contributed by atoms with van der Waals surface area (Å²) in [6.45, 7) is 5.86. The second-order valence-electron chi connectivity index (χ2n) is 11.1. The van der Waals surface area contributed by atoms with Crippen LogP contribution >= 0.6 is 0 Å². The lowest BCUT2D eigenvalue weighted by molar-refractivity contribution is -0.123. The number of fused-ring (bicyclic) bond motifs is 5. The van der Waals surface area contributed by atoms with Gasteiger partial charge in [0.15, 0.2) is 0 Å². The maximum Gasteiger partial charge on any atom is 0.254 e. The predicted molar refractivity (Wildman–Crippen MR) is 157 cm³/mol. The molecule has 0 saturated carbocycles. The first-order valence-corrected chi connectivity index (χ1v) is 14.1. The molecule has 2 amide bonds. The van der Waals surface area contributed by atoms with E-state index in [0.29, 0.717) is 72.8 Å². The number of amides is 2. The predicted octanol–water partition coefficient (Wildman–Crippen LogP) is 4.15. The molecular formula is C32H35N5O5. The van der Waals surface area contributed by atoms with Crippen LogP contribution in [0, 0.1) is 17.2 Å². The van der Waals surface area contributed by atoms with Gasteiger partial charge in [-0.3, -0.25) is 9.59 Å². The van der Waals surface area contributed by atoms with Crippen molar-refractivity contribution in [3.8, 4) is 23.3 Å². The molecule has 10 heteroatoms. The molecule has 2 aliphatic rings. The zero-order valence-electron chi connectivity index (χ0n) is 24.1. The summed E-state index contributed by atoms with van der Waals surface area (Å²) in [5, 5.41) is 12.4. The molecule has 1 saturated heterocycles. The zero-order chi connectivity index (χ0) is 29.6. The second-order valence-corrected chi connectivity index (χ2v) is 11.1. The molecule has 0 aliphatic carbocycles. The molecule has 0 spiro atoms. The van der Waals surface area contributed by atoms with Crippen LogP contribution in [0.5, 0.6) is 17.2 Å². The molecule has 2 atom stereocenters. The van der Waals surface area contributed by atoms with Crippen LogP contribution in [0.2, 0.25) is 0 Å². The van der Waals surface area contributed by atoms with Crippen LogP contribution in [0.3, 0.4) is 0 Å². The van der Waals surface area contributed by atoms with Gasteiger partial charge in [0.25, 0.3) is 5.91 Å². The van der Waals surface area contributed by atoms with Gasteiger partial charge >= 0.3 is 0 Å². The highest BCUT2D eigenvalue weighted by molar-refractivity contribution is 5.97. The summed E-state index contributed by atoms with van der Waals surface area (Å²) >= 11 is 0. The van der Waals surface area contributed by atoms with E-state index >= 15 is 0 Å². The summed E-state index contributed by atoms with van der Waals surface area (Å²) in [6, 6.07) is 18.0. The Hall–Kier alpha value is -4.62. The maximum absolute atomic E-state index is 13.4. The Kier molecular flexibility index (Phi) is 8.88. The third-order valence-corrected chi connectivity index (χ3v) is 7.14. The van der Waals surface area contributed by atoms with Gasteiger partial charge in [0.1, 0.15) is 23.1 Å². The largest absolute Gasteiger partial charge is 0.493 e. The molecule has 10 nitrogen and oxygen atoms in total. The maximum atomic E-state index is 13.4. The van der Waals surface area contributed by atoms with E-state index in [0.717, 1.165) is 5.56 Å². The van der Waals surface area contributed by atoms with Crippen LogP contribution in [0.4, 0.5) is 5.82 Å². The van der Waals surface area contributed by atoms with E-state index in [9.17, 15) is 14.9 Å². The summed E-state index contributed by atoms with van der Waals surface area (Å²) in [5.74, 6) is 1.97. The van der Waals surface area contributed by atoms with Crippen LogP contribution in [0.15, 0.2) is 60.8 Å². The number of hydrogen-bond donors (Lipinski definition) is 1. The van der Waals surface area contributed by atoms with Gasteiger partial charge in [0, 0.05) is 38.0 Å². The number of ether oxygens (including phenoxy) is 3. The van der Waals surface area contributed by atoms with Crippen molar-refractivity contribution < 1.29 is 23.8 Å². The van der Waals surface area contributed by atoms with Gasteiger partial charge in [-0.15, -0.1) is 0 Å². The molecule has 4 bridgehead atoms. The average molecular weight is 570 g/mol. The lowest BCUT2D eigenvalue weighted by Gasteiger charge is -2.39. The summed E-state index contributed by atoms with van der Waals surface area (Å²) in [6.07, 6.45) is 1.87. The van der Waals surface area contributed by atoms with E-state index in [1.54, 1.807) is 43.6 Å². The van der Waals surface area contributed by atoms with E-state index in [1.165, 1.54) is 4.90 Å². The number of aromatic nitrogens is 1. The number of piperidine rings is 1. The van der Waals surface area contributed by atoms with Crippen LogP contribution in [0.1, 0.15) is 41.8 Å². The number of nitrogens with zero attached hydrogens (tertiary/aromatic N) is 4. The normalized spacial score (nSPS) is 19.4. The number of carbonyl (C=O) groups is 2. The summed E-state index contributed by atoms with van der Waals surface area (Å²) in [5.41, 5.74) is 1.79. The molecule has 2 aromatic carbocycles. The SMILES string of the molecule is CC(C)COc1cc2cc(c1)C(=O)N(C)CC(=O)N[C@H]1CCN(c3cc(C#N)ccn3)C[C@@H]1OCc1cccc(c1)O2. The van der Waals surface area contributed by atoms with Gasteiger partial charge in [-0.25, -0.2) is 4.98 Å². The molecule has 5 rings (SSSR count). The summed E-state index contributed by atoms with van der Waals surface area (Å²) in [7, 11) is 1.60. The Morgan fingerprint density at radius 3 is 2.81 bits per heavy atom. The highest BCUT2D eigenvalue weighted by Crippen LogP contribution is 2.30. The van der Waals surface area contributed by atoms with E-state index in [-0.39, 0.29) is 30.5 Å². The minimum absolute atomic E-state index is 0.121. The Morgan fingerprint density at radius 2 is 2.00 bits per heavy atom. The Labute approximate surface area is 245 Å². The van der Waals surface area contributed by atoms with Crippen LogP contribution < -0.4 is 19.7 Å². The van der Waals surface area contributed by atoms with Gasteiger partial charge in [-0.1, -0.05) is 26.0 Å². The third-order valence-electron chi connectivity index (χ3n) is 7.14. The number of pyridine rings is 1. The number of nitrogens with one attached hydrogen (secondary N) is 1. The first-order valence-electron chi connectivity index (χ1n) is 14.1. The summed E-state index contributed by atoms with van der Waals surface area (Å²) in [4.78, 5) is 34.5. The number of rotatable bonds is 4. The molecule has 3 aromatic rings. The number of hydrogen-bond acceptors (Lipinski definition) is 8. The highest BCUT2D eigenvalue weighted by atomic mass is 16.5. The Morgan fingerprint density at radius 1 is 1.14 bits per heavy atom. The molecule has 218 valence electrons. The molecular weight excluding hydrogens is 534 g/mol. The molecule has 0 radical (unpaired) electrons. The second kappa shape index (κ2) is 12.9. The lowest BCUT2D eigenvalue weighted by atomic mass is 10.0. The molecule has 0 unspecified atom stereocenters. The van der Waals surface area contributed by atoms with Crippen LogP contribution in [-0.4, -0.2) is 67.1 Å². The zero-order valence-corrected chi connectivity index (χ0v) is 24.1. The van der Waals surface area contributed by atoms with E-state index in [1.807, 2.05) is 38.1 Å². The number of anilines is 1. The van der Waals surface area contributed by atoms with Crippen LogP contribution in [0.25, 0.3) is 0 Å². The first-order chi connectivity index (χ1) is 20.3. The van der Waals surface area contributed by atoms with Crippen molar-refractivity contribution in [3.63, 3.8) is 0 Å². The first kappa shape index (κ1) is 28.9. The quantitative estimate of drug-likeness (QED) is 0.498. The highest BCUT2D eigenvalue weighted by Gasteiger charge is 2.32. The van der Waals surface area contributed by atoms with Crippen molar-refractivity contribution in [2.75, 3.05) is 38.2 Å². The summed E-state index contributed by atoms with van der Waals surface area (Å²) < 4.78 is 18.5. The fourth-order valence-corrected chi connectivity index (χ4v) is 5.02. The van der Waals surface area contributed by atoms with Gasteiger partial charge in [-0.05, 0) is 54.3 Å². The van der Waals surface area contributed by atoms with Crippen molar-refractivity contribution >= 4 is 17.6 Å². The van der Waals surface area contributed by atoms with Crippen molar-refractivity contribution in [1.29, 1.82) is 5.26 Å². The van der Waals surface area contributed by atoms with Crippen molar-refractivity contribution in [2.24, 2.45) is 5.92 Å². The van der Waals surface area contributed by atoms with Crippen molar-refractivity contribution in [1.82, 2.24) is 15.2 Å².